The highest BCUT2D eigenvalue weighted by Crippen LogP contribution is 2.25. The van der Waals surface area contributed by atoms with E-state index in [2.05, 4.69) is 36.7 Å². The highest BCUT2D eigenvalue weighted by Gasteiger charge is 2.30. The smallest absolute Gasteiger partial charge is 0.422 e. The number of nitrogens with one attached hydrogen (secondary N) is 2. The first-order valence-corrected chi connectivity index (χ1v) is 9.66. The molecule has 0 saturated heterocycles. The number of anilines is 2. The van der Waals surface area contributed by atoms with Crippen LogP contribution in [-0.2, 0) is 0 Å². The highest BCUT2D eigenvalue weighted by atomic mass is 32.2. The van der Waals surface area contributed by atoms with Crippen LogP contribution >= 0.6 is 11.8 Å². The zero-order valence-electron chi connectivity index (χ0n) is 16.1. The number of hydrogen-bond donors (Lipinski definition) is 2. The summed E-state index contributed by atoms with van der Waals surface area (Å²) >= 11 is 1.65. The minimum absolute atomic E-state index is 0.116. The standard InChI is InChI=1S/C18H18F6N4O2S/c1-3-31-13-6-4-12(5-7-13)25-11(2)26-16-27-14(29-9-17(19,20)21)8-15(28-16)30-10-18(22,23)24/h4-8,25H,2-3,9-10H2,1H3,(H,26,27,28). The summed E-state index contributed by atoms with van der Waals surface area (Å²) in [6.45, 7) is 2.32. The lowest BCUT2D eigenvalue weighted by atomic mass is 10.3. The Morgan fingerprint density at radius 2 is 1.45 bits per heavy atom. The molecule has 0 aliphatic carbocycles. The van der Waals surface area contributed by atoms with Gasteiger partial charge >= 0.3 is 12.4 Å². The molecule has 2 N–H and O–H groups in total. The van der Waals surface area contributed by atoms with E-state index in [-0.39, 0.29) is 11.8 Å². The van der Waals surface area contributed by atoms with Crippen molar-refractivity contribution in [2.24, 2.45) is 0 Å². The Bertz CT molecular complexity index is 839. The number of rotatable bonds is 10. The molecule has 0 aliphatic rings. The molecule has 0 unspecified atom stereocenters. The molecule has 0 saturated carbocycles. The normalized spacial score (nSPS) is 11.7. The van der Waals surface area contributed by atoms with Crippen molar-refractivity contribution in [1.29, 1.82) is 0 Å². The van der Waals surface area contributed by atoms with Gasteiger partial charge in [-0.2, -0.15) is 36.3 Å². The molecule has 0 amide bonds. The van der Waals surface area contributed by atoms with Crippen LogP contribution < -0.4 is 20.1 Å². The molecule has 1 heterocycles. The molecule has 170 valence electrons. The second kappa shape index (κ2) is 10.5. The van der Waals surface area contributed by atoms with Crippen LogP contribution in [0.3, 0.4) is 0 Å². The Hall–Kier alpha value is -2.83. The monoisotopic (exact) mass is 468 g/mol. The van der Waals surface area contributed by atoms with E-state index in [0.29, 0.717) is 5.69 Å². The van der Waals surface area contributed by atoms with Crippen molar-refractivity contribution in [2.45, 2.75) is 24.2 Å². The molecule has 1 aromatic heterocycles. The van der Waals surface area contributed by atoms with Gasteiger partial charge in [-0.25, -0.2) is 0 Å². The zero-order valence-corrected chi connectivity index (χ0v) is 16.9. The van der Waals surface area contributed by atoms with E-state index in [0.717, 1.165) is 16.7 Å². The fourth-order valence-electron chi connectivity index (χ4n) is 2.06. The maximum absolute atomic E-state index is 12.4. The predicted molar refractivity (Wildman–Crippen MR) is 104 cm³/mol. The van der Waals surface area contributed by atoms with E-state index >= 15 is 0 Å². The summed E-state index contributed by atoms with van der Waals surface area (Å²) in [5.74, 6) is -0.594. The third-order valence-corrected chi connectivity index (χ3v) is 4.06. The maximum Gasteiger partial charge on any atom is 0.422 e. The van der Waals surface area contributed by atoms with Crippen LogP contribution in [0.15, 0.2) is 47.6 Å². The number of thioether (sulfide) groups is 1. The number of aromatic nitrogens is 2. The van der Waals surface area contributed by atoms with Crippen molar-refractivity contribution >= 4 is 23.4 Å². The van der Waals surface area contributed by atoms with Crippen molar-refractivity contribution in [3.8, 4) is 11.8 Å². The van der Waals surface area contributed by atoms with E-state index in [1.807, 2.05) is 19.1 Å². The van der Waals surface area contributed by atoms with Crippen molar-refractivity contribution in [3.63, 3.8) is 0 Å². The average molecular weight is 468 g/mol. The Morgan fingerprint density at radius 3 is 1.90 bits per heavy atom. The van der Waals surface area contributed by atoms with Gasteiger partial charge < -0.3 is 20.1 Å². The fraction of sp³-hybridized carbons (Fsp3) is 0.333. The van der Waals surface area contributed by atoms with E-state index in [1.165, 1.54) is 0 Å². The van der Waals surface area contributed by atoms with Crippen molar-refractivity contribution < 1.29 is 35.8 Å². The first kappa shape index (κ1) is 24.4. The fourth-order valence-corrected chi connectivity index (χ4v) is 2.72. The van der Waals surface area contributed by atoms with Crippen LogP contribution in [-0.4, -0.2) is 41.3 Å². The van der Waals surface area contributed by atoms with E-state index in [4.69, 9.17) is 0 Å². The van der Waals surface area contributed by atoms with Gasteiger partial charge in [0, 0.05) is 10.6 Å². The number of hydrogen-bond acceptors (Lipinski definition) is 7. The average Bonchev–Trinajstić information content (AvgIpc) is 2.65. The predicted octanol–water partition coefficient (Wildman–Crippen LogP) is 5.47. The van der Waals surface area contributed by atoms with Gasteiger partial charge in [-0.05, 0) is 30.0 Å². The highest BCUT2D eigenvalue weighted by molar-refractivity contribution is 7.99. The molecule has 0 fully saturated rings. The molecule has 31 heavy (non-hydrogen) atoms. The third kappa shape index (κ3) is 9.68. The minimum atomic E-state index is -4.67. The number of halogens is 6. The molecule has 0 spiro atoms. The second-order valence-corrected chi connectivity index (χ2v) is 7.20. The molecule has 2 rings (SSSR count). The largest absolute Gasteiger partial charge is 0.468 e. The second-order valence-electron chi connectivity index (χ2n) is 5.86. The van der Waals surface area contributed by atoms with E-state index in [1.54, 1.807) is 23.9 Å². The molecule has 6 nitrogen and oxygen atoms in total. The molecule has 0 aliphatic heterocycles. The molecule has 0 bridgehead atoms. The molecular formula is C18H18F6N4O2S. The van der Waals surface area contributed by atoms with Crippen LogP contribution in [0.4, 0.5) is 38.0 Å². The van der Waals surface area contributed by atoms with E-state index < -0.39 is 37.3 Å². The van der Waals surface area contributed by atoms with Crippen molar-refractivity contribution in [2.75, 3.05) is 29.6 Å². The molecule has 0 atom stereocenters. The van der Waals surface area contributed by atoms with Gasteiger partial charge in [-0.3, -0.25) is 0 Å². The Balaban J connectivity index is 2.11. The summed E-state index contributed by atoms with van der Waals surface area (Å²) in [6, 6.07) is 8.01. The number of benzene rings is 1. The third-order valence-electron chi connectivity index (χ3n) is 3.17. The van der Waals surface area contributed by atoms with Crippen molar-refractivity contribution in [1.82, 2.24) is 9.97 Å². The van der Waals surface area contributed by atoms with Gasteiger partial charge in [0.15, 0.2) is 13.2 Å². The number of nitrogens with zero attached hydrogens (tertiary/aromatic N) is 2. The van der Waals surface area contributed by atoms with Crippen LogP contribution in [0.5, 0.6) is 11.8 Å². The molecule has 0 radical (unpaired) electrons. The van der Waals surface area contributed by atoms with Gasteiger partial charge in [-0.1, -0.05) is 13.5 Å². The number of alkyl halides is 6. The minimum Gasteiger partial charge on any atom is -0.468 e. The summed E-state index contributed by atoms with van der Waals surface area (Å²) in [7, 11) is 0. The lowest BCUT2D eigenvalue weighted by molar-refractivity contribution is -0.154. The Labute approximate surface area is 178 Å². The van der Waals surface area contributed by atoms with E-state index in [9.17, 15) is 26.3 Å². The summed E-state index contributed by atoms with van der Waals surface area (Å²) in [5.41, 5.74) is 0.635. The Kier molecular flexibility index (Phi) is 8.25. The van der Waals surface area contributed by atoms with Crippen LogP contribution in [0.1, 0.15) is 6.92 Å². The summed E-state index contributed by atoms with van der Waals surface area (Å²) in [4.78, 5) is 8.43. The van der Waals surface area contributed by atoms with Crippen LogP contribution in [0, 0.1) is 0 Å². The summed E-state index contributed by atoms with van der Waals surface area (Å²) in [5, 5.41) is 5.42. The summed E-state index contributed by atoms with van der Waals surface area (Å²) in [6.07, 6.45) is -9.34. The molecular weight excluding hydrogens is 450 g/mol. The summed E-state index contributed by atoms with van der Waals surface area (Å²) < 4.78 is 83.3. The maximum atomic E-state index is 12.4. The molecule has 1 aromatic carbocycles. The number of ether oxygens (including phenoxy) is 2. The van der Waals surface area contributed by atoms with Crippen molar-refractivity contribution in [3.05, 3.63) is 42.7 Å². The van der Waals surface area contributed by atoms with Gasteiger partial charge in [0.2, 0.25) is 17.7 Å². The first-order chi connectivity index (χ1) is 14.4. The lowest BCUT2D eigenvalue weighted by Gasteiger charge is -2.15. The zero-order chi connectivity index (χ0) is 23.1. The molecule has 2 aromatic rings. The van der Waals surface area contributed by atoms with Gasteiger partial charge in [0.25, 0.3) is 0 Å². The quantitative estimate of drug-likeness (QED) is 0.354. The van der Waals surface area contributed by atoms with Crippen LogP contribution in [0.25, 0.3) is 0 Å². The first-order valence-electron chi connectivity index (χ1n) is 8.67. The SMILES string of the molecule is C=C(Nc1ccc(SCC)cc1)Nc1nc(OCC(F)(F)F)cc(OCC(F)(F)F)n1. The topological polar surface area (TPSA) is 68.3 Å². The Morgan fingerprint density at radius 1 is 0.935 bits per heavy atom. The van der Waals surface area contributed by atoms with Gasteiger partial charge in [0.1, 0.15) is 5.82 Å². The van der Waals surface area contributed by atoms with Gasteiger partial charge in [0.05, 0.1) is 6.07 Å². The van der Waals surface area contributed by atoms with Gasteiger partial charge in [-0.15, -0.1) is 11.8 Å². The van der Waals surface area contributed by atoms with Crippen LogP contribution in [0.2, 0.25) is 0 Å². The lowest BCUT2D eigenvalue weighted by Crippen LogP contribution is -2.21. The molecule has 13 heteroatoms.